The normalized spacial score (nSPS) is 23.1. The first-order chi connectivity index (χ1) is 9.49. The van der Waals surface area contributed by atoms with E-state index in [-0.39, 0.29) is 11.2 Å². The van der Waals surface area contributed by atoms with Crippen LogP contribution >= 0.6 is 0 Å². The number of hydrogen-bond acceptors (Lipinski definition) is 4. The van der Waals surface area contributed by atoms with Crippen molar-refractivity contribution in [1.82, 2.24) is 5.32 Å². The van der Waals surface area contributed by atoms with Crippen molar-refractivity contribution < 1.29 is 14.3 Å². The lowest BCUT2D eigenvalue weighted by Gasteiger charge is -2.19. The van der Waals surface area contributed by atoms with Gasteiger partial charge in [-0.3, -0.25) is 9.59 Å². The maximum Gasteiger partial charge on any atom is 0.248 e. The lowest BCUT2D eigenvalue weighted by molar-refractivity contribution is -0.130. The molecule has 2 aliphatic rings. The van der Waals surface area contributed by atoms with Crippen LogP contribution in [-0.2, 0) is 11.3 Å². The van der Waals surface area contributed by atoms with E-state index >= 15 is 0 Å². The molecule has 106 valence electrons. The number of nitrogens with two attached hydrogens (primary N) is 1. The van der Waals surface area contributed by atoms with E-state index in [9.17, 15) is 9.59 Å². The smallest absolute Gasteiger partial charge is 0.248 e. The predicted molar refractivity (Wildman–Crippen MR) is 73.4 cm³/mol. The Morgan fingerprint density at radius 1 is 1.40 bits per heavy atom. The summed E-state index contributed by atoms with van der Waals surface area (Å²) in [5.74, 6) is 0.224. The first kappa shape index (κ1) is 13.1. The van der Waals surface area contributed by atoms with Gasteiger partial charge in [0.2, 0.25) is 5.91 Å². The molecule has 3 rings (SSSR count). The Morgan fingerprint density at radius 2 is 2.15 bits per heavy atom. The van der Waals surface area contributed by atoms with Crippen molar-refractivity contribution in [3.8, 4) is 5.75 Å². The SMILES string of the molecule is CC1(C(=O)C2CNCc3ccc(C(N)=O)cc3O2)CC1. The molecule has 0 aromatic heterocycles. The number of hydrogen-bond donors (Lipinski definition) is 2. The van der Waals surface area contributed by atoms with Crippen LogP contribution in [0.3, 0.4) is 0 Å². The highest BCUT2D eigenvalue weighted by molar-refractivity contribution is 5.93. The van der Waals surface area contributed by atoms with Crippen molar-refractivity contribution in [2.24, 2.45) is 11.1 Å². The molecule has 3 N–H and O–H groups in total. The highest BCUT2D eigenvalue weighted by Gasteiger charge is 2.48. The Hall–Kier alpha value is -1.88. The fourth-order valence-corrected chi connectivity index (χ4v) is 2.47. The monoisotopic (exact) mass is 274 g/mol. The fourth-order valence-electron chi connectivity index (χ4n) is 2.47. The van der Waals surface area contributed by atoms with Crippen molar-refractivity contribution in [3.05, 3.63) is 29.3 Å². The third-order valence-corrected chi connectivity index (χ3v) is 4.15. The Morgan fingerprint density at radius 3 is 2.80 bits per heavy atom. The summed E-state index contributed by atoms with van der Waals surface area (Å²) in [5, 5.41) is 3.22. The van der Waals surface area contributed by atoms with Crippen LogP contribution in [0.25, 0.3) is 0 Å². The topological polar surface area (TPSA) is 81.4 Å². The Kier molecular flexibility index (Phi) is 3.01. The van der Waals surface area contributed by atoms with Crippen molar-refractivity contribution in [2.45, 2.75) is 32.4 Å². The second-order valence-electron chi connectivity index (χ2n) is 5.85. The minimum atomic E-state index is -0.495. The van der Waals surface area contributed by atoms with Crippen LogP contribution in [0.5, 0.6) is 5.75 Å². The van der Waals surface area contributed by atoms with Gasteiger partial charge in [0, 0.05) is 29.6 Å². The second-order valence-corrected chi connectivity index (χ2v) is 5.85. The van der Waals surface area contributed by atoms with E-state index in [1.807, 2.05) is 13.0 Å². The van der Waals surface area contributed by atoms with E-state index in [0.29, 0.717) is 24.4 Å². The van der Waals surface area contributed by atoms with Gasteiger partial charge in [-0.2, -0.15) is 0 Å². The molecule has 1 amide bonds. The summed E-state index contributed by atoms with van der Waals surface area (Å²) in [5.41, 5.74) is 6.39. The lowest BCUT2D eigenvalue weighted by Crippen LogP contribution is -2.39. The number of benzene rings is 1. The van der Waals surface area contributed by atoms with Gasteiger partial charge in [0.05, 0.1) is 0 Å². The molecule has 1 saturated carbocycles. The molecule has 1 fully saturated rings. The average Bonchev–Trinajstić information content (AvgIpc) is 3.19. The summed E-state index contributed by atoms with van der Waals surface area (Å²) in [7, 11) is 0. The zero-order valence-electron chi connectivity index (χ0n) is 11.4. The largest absolute Gasteiger partial charge is 0.481 e. The quantitative estimate of drug-likeness (QED) is 0.861. The molecule has 0 bridgehead atoms. The molecule has 5 heteroatoms. The molecule has 20 heavy (non-hydrogen) atoms. The molecule has 0 radical (unpaired) electrons. The second kappa shape index (κ2) is 4.59. The van der Waals surface area contributed by atoms with Crippen molar-refractivity contribution in [2.75, 3.05) is 6.54 Å². The molecule has 1 unspecified atom stereocenters. The van der Waals surface area contributed by atoms with E-state index < -0.39 is 12.0 Å². The lowest BCUT2D eigenvalue weighted by atomic mass is 9.99. The van der Waals surface area contributed by atoms with Crippen molar-refractivity contribution >= 4 is 11.7 Å². The standard InChI is InChI=1S/C15H18N2O3/c1-15(4-5-15)13(18)12-8-17-7-10-3-2-9(14(16)19)6-11(10)20-12/h2-3,6,12,17H,4-5,7-8H2,1H3,(H2,16,19). The van der Waals surface area contributed by atoms with Gasteiger partial charge in [-0.1, -0.05) is 13.0 Å². The number of carbonyl (C=O) groups excluding carboxylic acids is 2. The number of amides is 1. The summed E-state index contributed by atoms with van der Waals surface area (Å²) >= 11 is 0. The molecule has 1 atom stereocenters. The molecule has 1 aliphatic carbocycles. The van der Waals surface area contributed by atoms with Gasteiger partial charge in [0.1, 0.15) is 5.75 Å². The number of ketones is 1. The molecule has 1 aromatic carbocycles. The fraction of sp³-hybridized carbons (Fsp3) is 0.467. The van der Waals surface area contributed by atoms with Crippen molar-refractivity contribution in [1.29, 1.82) is 0 Å². The third kappa shape index (κ3) is 2.29. The van der Waals surface area contributed by atoms with Crippen molar-refractivity contribution in [3.63, 3.8) is 0 Å². The number of ether oxygens (including phenoxy) is 1. The Labute approximate surface area is 117 Å². The number of primary amides is 1. The van der Waals surface area contributed by atoms with Crippen LogP contribution in [0.2, 0.25) is 0 Å². The maximum absolute atomic E-state index is 12.4. The summed E-state index contributed by atoms with van der Waals surface area (Å²) in [6, 6.07) is 5.12. The van der Waals surface area contributed by atoms with E-state index in [0.717, 1.165) is 18.4 Å². The van der Waals surface area contributed by atoms with Gasteiger partial charge in [-0.25, -0.2) is 0 Å². The summed E-state index contributed by atoms with van der Waals surface area (Å²) < 4.78 is 5.86. The van der Waals surface area contributed by atoms with Crippen LogP contribution < -0.4 is 15.8 Å². The van der Waals surface area contributed by atoms with Gasteiger partial charge in [0.25, 0.3) is 0 Å². The van der Waals surface area contributed by atoms with Gasteiger partial charge in [0.15, 0.2) is 11.9 Å². The van der Waals surface area contributed by atoms with Crippen LogP contribution in [0.15, 0.2) is 18.2 Å². The predicted octanol–water partition coefficient (Wildman–Crippen LogP) is 1.01. The van der Waals surface area contributed by atoms with Crippen LogP contribution in [0, 0.1) is 5.41 Å². The third-order valence-electron chi connectivity index (χ3n) is 4.15. The van der Waals surface area contributed by atoms with E-state index in [1.54, 1.807) is 12.1 Å². The van der Waals surface area contributed by atoms with Gasteiger partial charge >= 0.3 is 0 Å². The van der Waals surface area contributed by atoms with E-state index in [2.05, 4.69) is 5.32 Å². The number of fused-ring (bicyclic) bond motifs is 1. The molecule has 1 heterocycles. The highest BCUT2D eigenvalue weighted by Crippen LogP contribution is 2.47. The zero-order valence-corrected chi connectivity index (χ0v) is 11.4. The van der Waals surface area contributed by atoms with E-state index in [4.69, 9.17) is 10.5 Å². The number of rotatable bonds is 3. The van der Waals surface area contributed by atoms with Gasteiger partial charge in [-0.15, -0.1) is 0 Å². The van der Waals surface area contributed by atoms with Gasteiger partial charge in [-0.05, 0) is 25.0 Å². The van der Waals surface area contributed by atoms with Crippen LogP contribution in [-0.4, -0.2) is 24.3 Å². The number of Topliss-reactive ketones (excluding diaryl/α,β-unsaturated/α-hetero) is 1. The molecule has 1 aromatic rings. The van der Waals surface area contributed by atoms with Crippen LogP contribution in [0.4, 0.5) is 0 Å². The number of nitrogens with one attached hydrogen (secondary N) is 1. The van der Waals surface area contributed by atoms with E-state index in [1.165, 1.54) is 0 Å². The molecule has 1 aliphatic heterocycles. The zero-order chi connectivity index (χ0) is 14.3. The molecular formula is C15H18N2O3. The van der Waals surface area contributed by atoms with Gasteiger partial charge < -0.3 is 15.8 Å². The highest BCUT2D eigenvalue weighted by atomic mass is 16.5. The Balaban J connectivity index is 1.87. The summed E-state index contributed by atoms with van der Waals surface area (Å²) in [4.78, 5) is 23.6. The molecule has 5 nitrogen and oxygen atoms in total. The summed E-state index contributed by atoms with van der Waals surface area (Å²) in [6.45, 7) is 3.09. The molecular weight excluding hydrogens is 256 g/mol. The first-order valence-corrected chi connectivity index (χ1v) is 6.84. The minimum Gasteiger partial charge on any atom is -0.481 e. The molecule has 0 saturated heterocycles. The minimum absolute atomic E-state index is 0.141. The maximum atomic E-state index is 12.4. The molecule has 0 spiro atoms. The summed E-state index contributed by atoms with van der Waals surface area (Å²) in [6.07, 6.45) is 1.37. The Bertz CT molecular complexity index is 578. The number of carbonyl (C=O) groups is 2. The first-order valence-electron chi connectivity index (χ1n) is 6.84. The average molecular weight is 274 g/mol. The van der Waals surface area contributed by atoms with Crippen LogP contribution in [0.1, 0.15) is 35.7 Å².